The molecule has 4 heteroatoms. The Morgan fingerprint density at radius 3 is 1.85 bits per heavy atom. The van der Waals surface area contributed by atoms with Gasteiger partial charge in [0.05, 0.1) is 0 Å². The van der Waals surface area contributed by atoms with Crippen molar-refractivity contribution in [3.8, 4) is 0 Å². The second kappa shape index (κ2) is 4.17. The van der Waals surface area contributed by atoms with Gasteiger partial charge >= 0.3 is 94.9 Å². The van der Waals surface area contributed by atoms with Gasteiger partial charge in [0.1, 0.15) is 0 Å². The van der Waals surface area contributed by atoms with E-state index in [9.17, 15) is 0 Å². The summed E-state index contributed by atoms with van der Waals surface area (Å²) in [6.07, 6.45) is 0. The molecule has 0 amide bonds. The molecule has 1 aromatic carbocycles. The van der Waals surface area contributed by atoms with Gasteiger partial charge in [-0.3, -0.25) is 0 Å². The van der Waals surface area contributed by atoms with Crippen molar-refractivity contribution in [1.82, 2.24) is 0 Å². The van der Waals surface area contributed by atoms with E-state index in [0.717, 1.165) is 5.56 Å². The van der Waals surface area contributed by atoms with E-state index in [4.69, 9.17) is 26.8 Å². The Morgan fingerprint density at radius 2 is 1.46 bits per heavy atom. The minimum absolute atomic E-state index is 0.263. The fourth-order valence-electron chi connectivity index (χ4n) is 1.02. The Labute approximate surface area is 94.2 Å². The van der Waals surface area contributed by atoms with E-state index in [2.05, 4.69) is 0 Å². The average Bonchev–Trinajstić information content (AvgIpc) is 2.04. The van der Waals surface area contributed by atoms with Gasteiger partial charge in [0.25, 0.3) is 0 Å². The molecule has 0 N–H and O–H groups in total. The first-order valence-corrected chi connectivity index (χ1v) is 16.2. The predicted octanol–water partition coefficient (Wildman–Crippen LogP) is 4.16. The van der Waals surface area contributed by atoms with E-state index in [1.807, 2.05) is 44.2 Å². The molecule has 0 spiro atoms. The molecule has 0 atom stereocenters. The Balaban J connectivity index is 3.08. The van der Waals surface area contributed by atoms with E-state index in [1.54, 1.807) is 0 Å². The van der Waals surface area contributed by atoms with Gasteiger partial charge < -0.3 is 0 Å². The van der Waals surface area contributed by atoms with Crippen LogP contribution in [0.2, 0.25) is 0 Å². The Morgan fingerprint density at radius 1 is 1.00 bits per heavy atom. The molecule has 0 aliphatic heterocycles. The van der Waals surface area contributed by atoms with Gasteiger partial charge in [-0.2, -0.15) is 0 Å². The average molecular weight is 344 g/mol. The summed E-state index contributed by atoms with van der Waals surface area (Å²) in [6, 6.07) is 9.93. The van der Waals surface area contributed by atoms with Crippen LogP contribution in [0.4, 0.5) is 0 Å². The third-order valence-electron chi connectivity index (χ3n) is 2.20. The first-order chi connectivity index (χ1) is 5.86. The molecular formula is C9H11Cl3Sn. The van der Waals surface area contributed by atoms with Crippen molar-refractivity contribution in [2.24, 2.45) is 0 Å². The van der Waals surface area contributed by atoms with Crippen LogP contribution in [0.15, 0.2) is 30.3 Å². The van der Waals surface area contributed by atoms with Crippen molar-refractivity contribution in [2.45, 2.75) is 17.3 Å². The Hall–Kier alpha value is 0.889. The predicted molar refractivity (Wildman–Crippen MR) is 62.8 cm³/mol. The van der Waals surface area contributed by atoms with E-state index in [-0.39, 0.29) is 3.43 Å². The topological polar surface area (TPSA) is 0 Å². The van der Waals surface area contributed by atoms with Crippen LogP contribution >= 0.6 is 26.8 Å². The van der Waals surface area contributed by atoms with Crippen molar-refractivity contribution in [3.63, 3.8) is 0 Å². The van der Waals surface area contributed by atoms with Gasteiger partial charge in [-0.1, -0.05) is 0 Å². The molecule has 72 valence electrons. The van der Waals surface area contributed by atoms with Gasteiger partial charge in [-0.15, -0.1) is 0 Å². The fraction of sp³-hybridized carbons (Fsp3) is 0.333. The van der Waals surface area contributed by atoms with Crippen molar-refractivity contribution in [2.75, 3.05) is 0 Å². The molecule has 0 nitrogen and oxygen atoms in total. The number of halogens is 3. The zero-order valence-corrected chi connectivity index (χ0v) is 12.6. The van der Waals surface area contributed by atoms with Crippen molar-refractivity contribution in [3.05, 3.63) is 35.9 Å². The number of hydrogen-bond acceptors (Lipinski definition) is 0. The van der Waals surface area contributed by atoms with Gasteiger partial charge in [0.15, 0.2) is 0 Å². The summed E-state index contributed by atoms with van der Waals surface area (Å²) in [5.41, 5.74) is 1.12. The first-order valence-electron chi connectivity index (χ1n) is 3.98. The van der Waals surface area contributed by atoms with E-state index >= 15 is 0 Å². The second-order valence-electron chi connectivity index (χ2n) is 3.49. The third-order valence-corrected chi connectivity index (χ3v) is 16.6. The maximum atomic E-state index is 6.10. The summed E-state index contributed by atoms with van der Waals surface area (Å²) < 4.78 is -0.263. The van der Waals surface area contributed by atoms with Crippen molar-refractivity contribution >= 4 is 41.8 Å². The molecule has 1 aromatic rings. The maximum absolute atomic E-state index is 6.10. The summed E-state index contributed by atoms with van der Waals surface area (Å²) in [6.45, 7) is 4.01. The van der Waals surface area contributed by atoms with Crippen LogP contribution in [-0.4, -0.2) is 15.0 Å². The molecule has 0 fully saturated rings. The molecule has 13 heavy (non-hydrogen) atoms. The Bertz CT molecular complexity index is 277. The molecule has 0 saturated heterocycles. The van der Waals surface area contributed by atoms with Crippen LogP contribution < -0.4 is 0 Å². The summed E-state index contributed by atoms with van der Waals surface area (Å²) in [4.78, 5) is 0. The minimum atomic E-state index is -3.44. The fourth-order valence-corrected chi connectivity index (χ4v) is 4.62. The Kier molecular flexibility index (Phi) is 3.84. The van der Waals surface area contributed by atoms with E-state index in [1.165, 1.54) is 0 Å². The molecule has 0 aliphatic rings. The summed E-state index contributed by atoms with van der Waals surface area (Å²) in [5, 5.41) is 0. The molecule has 0 unspecified atom stereocenters. The number of hydrogen-bond donors (Lipinski definition) is 0. The molecule has 0 saturated carbocycles. The molecular weight excluding hydrogens is 333 g/mol. The van der Waals surface area contributed by atoms with Gasteiger partial charge in [-0.25, -0.2) is 0 Å². The van der Waals surface area contributed by atoms with Crippen LogP contribution in [0.25, 0.3) is 0 Å². The van der Waals surface area contributed by atoms with Crippen LogP contribution in [0, 0.1) is 0 Å². The molecule has 1 rings (SSSR count). The quantitative estimate of drug-likeness (QED) is 0.707. The van der Waals surface area contributed by atoms with Crippen LogP contribution in [0.3, 0.4) is 0 Å². The number of rotatable bonds is 2. The molecule has 0 heterocycles. The van der Waals surface area contributed by atoms with Crippen LogP contribution in [0.5, 0.6) is 0 Å². The first kappa shape index (κ1) is 12.0. The van der Waals surface area contributed by atoms with Gasteiger partial charge in [0.2, 0.25) is 0 Å². The second-order valence-corrected chi connectivity index (χ2v) is 25.2. The van der Waals surface area contributed by atoms with E-state index < -0.39 is 15.0 Å². The molecule has 0 bridgehead atoms. The SMILES string of the molecule is C[C](C)(c1ccccc1)[Sn]([Cl])([Cl])[Cl]. The molecule has 0 aromatic heterocycles. The zero-order valence-electron chi connectivity index (χ0n) is 7.52. The summed E-state index contributed by atoms with van der Waals surface area (Å²) >= 11 is -3.44. The van der Waals surface area contributed by atoms with Crippen LogP contribution in [0.1, 0.15) is 19.4 Å². The molecule has 0 aliphatic carbocycles. The third kappa shape index (κ3) is 2.68. The monoisotopic (exact) mass is 344 g/mol. The standard InChI is InChI=1S/C9H11.3ClH.Sn/c1-8(2)9-6-4-3-5-7-9;;;;/h3-7H,1-2H3;3*1H;/q;;;;+3/p-3. The van der Waals surface area contributed by atoms with E-state index in [0.29, 0.717) is 0 Å². The number of benzene rings is 1. The summed E-state index contributed by atoms with van der Waals surface area (Å²) in [7, 11) is 18.3. The van der Waals surface area contributed by atoms with Crippen molar-refractivity contribution < 1.29 is 0 Å². The normalized spacial score (nSPS) is 13.0. The summed E-state index contributed by atoms with van der Waals surface area (Å²) in [5.74, 6) is 0. The van der Waals surface area contributed by atoms with Crippen molar-refractivity contribution in [1.29, 1.82) is 0 Å². The zero-order chi connectivity index (χ0) is 10.1. The van der Waals surface area contributed by atoms with Gasteiger partial charge in [0, 0.05) is 0 Å². The van der Waals surface area contributed by atoms with Crippen LogP contribution in [-0.2, 0) is 3.43 Å². The van der Waals surface area contributed by atoms with Gasteiger partial charge in [-0.05, 0) is 0 Å². The molecule has 0 radical (unpaired) electrons.